The summed E-state index contributed by atoms with van der Waals surface area (Å²) >= 11 is 0. The monoisotopic (exact) mass is 358 g/mol. The van der Waals surface area contributed by atoms with Gasteiger partial charge in [-0.3, -0.25) is 9.59 Å². The van der Waals surface area contributed by atoms with E-state index in [-0.39, 0.29) is 16.7 Å². The number of carbonyl (C=O) groups is 2. The summed E-state index contributed by atoms with van der Waals surface area (Å²) in [6, 6.07) is 12.6. The summed E-state index contributed by atoms with van der Waals surface area (Å²) in [5.74, 6) is -0.466. The predicted molar refractivity (Wildman–Crippen MR) is 94.4 cm³/mol. The van der Waals surface area contributed by atoms with Crippen LogP contribution >= 0.6 is 0 Å². The Balaban J connectivity index is 1.65. The number of hydrogen-bond donors (Lipinski definition) is 2. The van der Waals surface area contributed by atoms with Gasteiger partial charge in [-0.1, -0.05) is 0 Å². The minimum Gasteiger partial charge on any atom is -0.349 e. The van der Waals surface area contributed by atoms with Gasteiger partial charge < -0.3 is 10.6 Å². The zero-order chi connectivity index (χ0) is 18.0. The number of amides is 2. The number of anilines is 1. The lowest BCUT2D eigenvalue weighted by Crippen LogP contribution is -2.25. The quantitative estimate of drug-likeness (QED) is 0.857. The summed E-state index contributed by atoms with van der Waals surface area (Å²) in [5.41, 5.74) is 1.45. The zero-order valence-electron chi connectivity index (χ0n) is 13.7. The number of sulfone groups is 1. The van der Waals surface area contributed by atoms with Crippen molar-refractivity contribution < 1.29 is 18.0 Å². The van der Waals surface area contributed by atoms with Crippen molar-refractivity contribution in [3.8, 4) is 0 Å². The van der Waals surface area contributed by atoms with Gasteiger partial charge in [0.15, 0.2) is 9.84 Å². The van der Waals surface area contributed by atoms with Crippen molar-refractivity contribution in [2.75, 3.05) is 11.6 Å². The van der Waals surface area contributed by atoms with E-state index in [0.717, 1.165) is 19.1 Å². The maximum atomic E-state index is 12.2. The van der Waals surface area contributed by atoms with Gasteiger partial charge in [0, 0.05) is 29.1 Å². The molecular weight excluding hydrogens is 340 g/mol. The first kappa shape index (κ1) is 17.2. The Morgan fingerprint density at radius 3 is 1.92 bits per heavy atom. The van der Waals surface area contributed by atoms with Crippen LogP contribution in [-0.4, -0.2) is 32.5 Å². The molecule has 2 aromatic carbocycles. The Bertz CT molecular complexity index is 899. The molecule has 2 amide bonds. The molecule has 0 unspecified atom stereocenters. The highest BCUT2D eigenvalue weighted by Gasteiger charge is 2.23. The molecular formula is C18H18N2O4S. The van der Waals surface area contributed by atoms with Gasteiger partial charge >= 0.3 is 0 Å². The molecule has 2 aromatic rings. The number of rotatable bonds is 5. The molecule has 0 atom stereocenters. The van der Waals surface area contributed by atoms with E-state index >= 15 is 0 Å². The van der Waals surface area contributed by atoms with E-state index in [9.17, 15) is 18.0 Å². The molecule has 0 heterocycles. The van der Waals surface area contributed by atoms with Crippen molar-refractivity contribution >= 4 is 27.3 Å². The smallest absolute Gasteiger partial charge is 0.255 e. The summed E-state index contributed by atoms with van der Waals surface area (Å²) in [6.07, 6.45) is 3.17. The molecule has 0 radical (unpaired) electrons. The summed E-state index contributed by atoms with van der Waals surface area (Å²) < 4.78 is 22.9. The molecule has 25 heavy (non-hydrogen) atoms. The van der Waals surface area contributed by atoms with E-state index in [4.69, 9.17) is 0 Å². The summed E-state index contributed by atoms with van der Waals surface area (Å²) in [6.45, 7) is 0. The molecule has 1 saturated carbocycles. The lowest BCUT2D eigenvalue weighted by Gasteiger charge is -2.07. The van der Waals surface area contributed by atoms with E-state index in [2.05, 4.69) is 10.6 Å². The minimum atomic E-state index is -3.29. The third-order valence-corrected chi connectivity index (χ3v) is 4.99. The Morgan fingerprint density at radius 1 is 0.880 bits per heavy atom. The molecule has 0 bridgehead atoms. The second-order valence-corrected chi connectivity index (χ2v) is 8.09. The van der Waals surface area contributed by atoms with Gasteiger partial charge in [0.25, 0.3) is 11.8 Å². The molecule has 0 aliphatic heterocycles. The number of benzene rings is 2. The summed E-state index contributed by atoms with van der Waals surface area (Å²) in [5, 5.41) is 5.61. The van der Waals surface area contributed by atoms with E-state index in [1.165, 1.54) is 24.3 Å². The summed E-state index contributed by atoms with van der Waals surface area (Å²) in [4.78, 5) is 24.3. The van der Waals surface area contributed by atoms with Crippen LogP contribution in [0.3, 0.4) is 0 Å². The van der Waals surface area contributed by atoms with Crippen LogP contribution in [0.5, 0.6) is 0 Å². The lowest BCUT2D eigenvalue weighted by molar-refractivity contribution is 0.0950. The summed E-state index contributed by atoms with van der Waals surface area (Å²) in [7, 11) is -3.29. The van der Waals surface area contributed by atoms with E-state index < -0.39 is 9.84 Å². The van der Waals surface area contributed by atoms with Crippen molar-refractivity contribution in [3.63, 3.8) is 0 Å². The molecule has 0 saturated heterocycles. The molecule has 1 aliphatic carbocycles. The Hall–Kier alpha value is -2.67. The van der Waals surface area contributed by atoms with Gasteiger partial charge in [-0.05, 0) is 61.4 Å². The van der Waals surface area contributed by atoms with E-state index in [1.54, 1.807) is 24.3 Å². The number of carbonyl (C=O) groups excluding carboxylic acids is 2. The van der Waals surface area contributed by atoms with Crippen molar-refractivity contribution in [2.45, 2.75) is 23.8 Å². The van der Waals surface area contributed by atoms with Crippen LogP contribution in [0.2, 0.25) is 0 Å². The molecule has 0 aromatic heterocycles. The topological polar surface area (TPSA) is 92.3 Å². The van der Waals surface area contributed by atoms with Crippen molar-refractivity contribution in [3.05, 3.63) is 59.7 Å². The zero-order valence-corrected chi connectivity index (χ0v) is 14.5. The highest BCUT2D eigenvalue weighted by Crippen LogP contribution is 2.20. The normalized spacial score (nSPS) is 14.0. The largest absolute Gasteiger partial charge is 0.349 e. The Morgan fingerprint density at radius 2 is 1.40 bits per heavy atom. The first-order chi connectivity index (χ1) is 11.8. The maximum absolute atomic E-state index is 12.2. The minimum absolute atomic E-state index is 0.114. The van der Waals surface area contributed by atoms with Crippen molar-refractivity contribution in [1.29, 1.82) is 0 Å². The highest BCUT2D eigenvalue weighted by atomic mass is 32.2. The van der Waals surface area contributed by atoms with Gasteiger partial charge in [-0.25, -0.2) is 8.42 Å². The Kier molecular flexibility index (Phi) is 4.59. The maximum Gasteiger partial charge on any atom is 0.255 e. The average Bonchev–Trinajstić information content (AvgIpc) is 3.38. The van der Waals surface area contributed by atoms with Gasteiger partial charge in [-0.15, -0.1) is 0 Å². The molecule has 130 valence electrons. The van der Waals surface area contributed by atoms with Crippen LogP contribution in [-0.2, 0) is 9.84 Å². The lowest BCUT2D eigenvalue weighted by atomic mass is 10.1. The number of nitrogens with one attached hydrogen (secondary N) is 2. The van der Waals surface area contributed by atoms with Gasteiger partial charge in [0.05, 0.1) is 4.90 Å². The molecule has 0 spiro atoms. The Labute approximate surface area is 146 Å². The van der Waals surface area contributed by atoms with Crippen LogP contribution in [0.25, 0.3) is 0 Å². The molecule has 2 N–H and O–H groups in total. The first-order valence-electron chi connectivity index (χ1n) is 7.85. The fraction of sp³-hybridized carbons (Fsp3) is 0.222. The molecule has 1 fully saturated rings. The van der Waals surface area contributed by atoms with Crippen LogP contribution in [0.4, 0.5) is 5.69 Å². The van der Waals surface area contributed by atoms with Crippen LogP contribution in [0.1, 0.15) is 33.6 Å². The average molecular weight is 358 g/mol. The highest BCUT2D eigenvalue weighted by molar-refractivity contribution is 7.90. The number of hydrogen-bond acceptors (Lipinski definition) is 4. The SMILES string of the molecule is CS(=O)(=O)c1ccc(C(=O)Nc2ccc(C(=O)NC3CC3)cc2)cc1. The fourth-order valence-electron chi connectivity index (χ4n) is 2.26. The van der Waals surface area contributed by atoms with E-state index in [1.807, 2.05) is 0 Å². The first-order valence-corrected chi connectivity index (χ1v) is 9.74. The molecule has 6 nitrogen and oxygen atoms in total. The van der Waals surface area contributed by atoms with E-state index in [0.29, 0.717) is 22.9 Å². The third kappa shape index (κ3) is 4.45. The van der Waals surface area contributed by atoms with Crippen LogP contribution < -0.4 is 10.6 Å². The van der Waals surface area contributed by atoms with Gasteiger partial charge in [-0.2, -0.15) is 0 Å². The molecule has 1 aliphatic rings. The van der Waals surface area contributed by atoms with Crippen LogP contribution in [0, 0.1) is 0 Å². The van der Waals surface area contributed by atoms with Gasteiger partial charge in [0.1, 0.15) is 0 Å². The third-order valence-electron chi connectivity index (χ3n) is 3.86. The molecule has 7 heteroatoms. The van der Waals surface area contributed by atoms with Gasteiger partial charge in [0.2, 0.25) is 0 Å². The molecule has 3 rings (SSSR count). The van der Waals surface area contributed by atoms with Crippen LogP contribution in [0.15, 0.2) is 53.4 Å². The van der Waals surface area contributed by atoms with Crippen molar-refractivity contribution in [2.24, 2.45) is 0 Å². The van der Waals surface area contributed by atoms with Crippen molar-refractivity contribution in [1.82, 2.24) is 5.32 Å². The fourth-order valence-corrected chi connectivity index (χ4v) is 2.89. The second-order valence-electron chi connectivity index (χ2n) is 6.08. The predicted octanol–water partition coefficient (Wildman–Crippen LogP) is 2.23. The second kappa shape index (κ2) is 6.68. The standard InChI is InChI=1S/C18H18N2O4S/c1-25(23,24)16-10-4-13(5-11-16)18(22)19-14-6-2-12(3-7-14)17(21)20-15-8-9-15/h2-7,10-11,15H,8-9H2,1H3,(H,19,22)(H,20,21).